The van der Waals surface area contributed by atoms with Crippen molar-refractivity contribution in [1.29, 1.82) is 0 Å². The van der Waals surface area contributed by atoms with E-state index in [1.807, 2.05) is 6.07 Å². The molecule has 1 aromatic rings. The molecule has 0 aromatic heterocycles. The van der Waals surface area contributed by atoms with Crippen molar-refractivity contribution in [3.63, 3.8) is 0 Å². The number of piperazine rings is 1. The number of rotatable bonds is 3. The molecular formula is C17H26N2O. The molecule has 0 spiro atoms. The molecule has 0 atom stereocenters. The number of nitrogens with zero attached hydrogens (tertiary/aromatic N) is 1. The molecule has 0 bridgehead atoms. The molecule has 3 nitrogen and oxygen atoms in total. The van der Waals surface area contributed by atoms with Crippen LogP contribution in [0, 0.1) is 0 Å². The topological polar surface area (TPSA) is 24.5 Å². The number of benzene rings is 1. The number of nitrogens with one attached hydrogen (secondary N) is 1. The third kappa shape index (κ3) is 3.15. The van der Waals surface area contributed by atoms with E-state index >= 15 is 0 Å². The van der Waals surface area contributed by atoms with Crippen molar-refractivity contribution in [3.8, 4) is 5.75 Å². The lowest BCUT2D eigenvalue weighted by atomic mass is 9.81. The summed E-state index contributed by atoms with van der Waals surface area (Å²) in [5, 5.41) is 3.45. The summed E-state index contributed by atoms with van der Waals surface area (Å²) in [5.41, 5.74) is 1.46. The van der Waals surface area contributed by atoms with Gasteiger partial charge in [-0.15, -0.1) is 0 Å². The van der Waals surface area contributed by atoms with E-state index in [9.17, 15) is 0 Å². The number of hydrogen-bond acceptors (Lipinski definition) is 3. The molecule has 1 aromatic carbocycles. The second kappa shape index (κ2) is 6.59. The van der Waals surface area contributed by atoms with E-state index in [0.29, 0.717) is 0 Å². The molecule has 2 aliphatic rings. The molecule has 0 unspecified atom stereocenters. The summed E-state index contributed by atoms with van der Waals surface area (Å²) in [7, 11) is 1.75. The van der Waals surface area contributed by atoms with Crippen LogP contribution < -0.4 is 10.1 Å². The first-order chi connectivity index (χ1) is 9.86. The zero-order valence-electron chi connectivity index (χ0n) is 12.5. The SMILES string of the molecule is COc1cccc(C2CCC(N3CCNCC3)CC2)c1. The van der Waals surface area contributed by atoms with E-state index in [-0.39, 0.29) is 0 Å². The third-order valence-electron chi connectivity index (χ3n) is 4.93. The first-order valence-electron chi connectivity index (χ1n) is 7.95. The van der Waals surface area contributed by atoms with Crippen LogP contribution in [0.2, 0.25) is 0 Å². The molecule has 2 fully saturated rings. The van der Waals surface area contributed by atoms with Crippen molar-refractivity contribution >= 4 is 0 Å². The average molecular weight is 274 g/mol. The first kappa shape index (κ1) is 13.9. The lowest BCUT2D eigenvalue weighted by Crippen LogP contribution is -2.49. The van der Waals surface area contributed by atoms with E-state index in [1.54, 1.807) is 7.11 Å². The van der Waals surface area contributed by atoms with Gasteiger partial charge in [-0.25, -0.2) is 0 Å². The van der Waals surface area contributed by atoms with E-state index in [4.69, 9.17) is 4.74 Å². The van der Waals surface area contributed by atoms with Crippen LogP contribution in [0.25, 0.3) is 0 Å². The van der Waals surface area contributed by atoms with Crippen LogP contribution in [-0.2, 0) is 0 Å². The zero-order chi connectivity index (χ0) is 13.8. The monoisotopic (exact) mass is 274 g/mol. The fourth-order valence-electron chi connectivity index (χ4n) is 3.72. The predicted molar refractivity (Wildman–Crippen MR) is 82.4 cm³/mol. The van der Waals surface area contributed by atoms with Gasteiger partial charge in [0.1, 0.15) is 5.75 Å². The van der Waals surface area contributed by atoms with Crippen molar-refractivity contribution in [2.24, 2.45) is 0 Å². The molecule has 0 amide bonds. The molecule has 3 heteroatoms. The standard InChI is InChI=1S/C17H26N2O/c1-20-17-4-2-3-15(13-17)14-5-7-16(8-6-14)19-11-9-18-10-12-19/h2-4,13-14,16,18H,5-12H2,1H3. The Morgan fingerprint density at radius 2 is 1.85 bits per heavy atom. The Labute approximate surface area is 122 Å². The Balaban J connectivity index is 1.57. The van der Waals surface area contributed by atoms with Crippen LogP contribution in [-0.4, -0.2) is 44.2 Å². The normalized spacial score (nSPS) is 28.2. The highest BCUT2D eigenvalue weighted by Crippen LogP contribution is 2.35. The van der Waals surface area contributed by atoms with Crippen molar-refractivity contribution < 1.29 is 4.74 Å². The molecule has 1 saturated carbocycles. The third-order valence-corrected chi connectivity index (χ3v) is 4.93. The van der Waals surface area contributed by atoms with Crippen molar-refractivity contribution in [3.05, 3.63) is 29.8 Å². The molecule has 1 heterocycles. The van der Waals surface area contributed by atoms with Gasteiger partial charge in [0, 0.05) is 32.2 Å². The minimum Gasteiger partial charge on any atom is -0.497 e. The summed E-state index contributed by atoms with van der Waals surface area (Å²) < 4.78 is 5.35. The van der Waals surface area contributed by atoms with Crippen LogP contribution in [0.5, 0.6) is 5.75 Å². The van der Waals surface area contributed by atoms with Gasteiger partial charge in [-0.1, -0.05) is 12.1 Å². The summed E-state index contributed by atoms with van der Waals surface area (Å²) in [4.78, 5) is 2.69. The van der Waals surface area contributed by atoms with Crippen molar-refractivity contribution in [2.45, 2.75) is 37.6 Å². The minimum atomic E-state index is 0.726. The maximum absolute atomic E-state index is 5.35. The zero-order valence-corrected chi connectivity index (χ0v) is 12.5. The highest BCUT2D eigenvalue weighted by Gasteiger charge is 2.27. The van der Waals surface area contributed by atoms with Gasteiger partial charge in [0.15, 0.2) is 0 Å². The summed E-state index contributed by atoms with van der Waals surface area (Å²) in [6.07, 6.45) is 5.34. The Morgan fingerprint density at radius 3 is 2.55 bits per heavy atom. The molecule has 0 radical (unpaired) electrons. The minimum absolute atomic E-state index is 0.726. The number of methoxy groups -OCH3 is 1. The van der Waals surface area contributed by atoms with Gasteiger partial charge < -0.3 is 10.1 Å². The lowest BCUT2D eigenvalue weighted by molar-refractivity contribution is 0.133. The highest BCUT2D eigenvalue weighted by atomic mass is 16.5. The second-order valence-electron chi connectivity index (χ2n) is 6.07. The largest absolute Gasteiger partial charge is 0.497 e. The Kier molecular flexibility index (Phi) is 4.58. The van der Waals surface area contributed by atoms with E-state index in [1.165, 1.54) is 44.3 Å². The maximum Gasteiger partial charge on any atom is 0.119 e. The Morgan fingerprint density at radius 1 is 1.10 bits per heavy atom. The van der Waals surface area contributed by atoms with Crippen LogP contribution in [0.1, 0.15) is 37.2 Å². The molecule has 1 aliphatic carbocycles. The maximum atomic E-state index is 5.35. The molecular weight excluding hydrogens is 248 g/mol. The summed E-state index contributed by atoms with van der Waals surface area (Å²) in [6, 6.07) is 9.46. The molecule has 1 N–H and O–H groups in total. The fourth-order valence-corrected chi connectivity index (χ4v) is 3.72. The van der Waals surface area contributed by atoms with Crippen LogP contribution in [0.3, 0.4) is 0 Å². The molecule has 3 rings (SSSR count). The lowest BCUT2D eigenvalue weighted by Gasteiger charge is -2.39. The van der Waals surface area contributed by atoms with E-state index < -0.39 is 0 Å². The summed E-state index contributed by atoms with van der Waals surface area (Å²) in [5.74, 6) is 1.72. The fraction of sp³-hybridized carbons (Fsp3) is 0.647. The Bertz CT molecular complexity index is 421. The van der Waals surface area contributed by atoms with E-state index in [0.717, 1.165) is 30.8 Å². The van der Waals surface area contributed by atoms with Gasteiger partial charge >= 0.3 is 0 Å². The molecule has 110 valence electrons. The average Bonchev–Trinajstić information content (AvgIpc) is 2.56. The van der Waals surface area contributed by atoms with E-state index in [2.05, 4.69) is 28.4 Å². The van der Waals surface area contributed by atoms with Crippen LogP contribution in [0.4, 0.5) is 0 Å². The summed E-state index contributed by atoms with van der Waals surface area (Å²) >= 11 is 0. The van der Waals surface area contributed by atoms with Gasteiger partial charge in [0.25, 0.3) is 0 Å². The highest BCUT2D eigenvalue weighted by molar-refractivity contribution is 5.31. The molecule has 1 saturated heterocycles. The van der Waals surface area contributed by atoms with Crippen molar-refractivity contribution in [2.75, 3.05) is 33.3 Å². The first-order valence-corrected chi connectivity index (χ1v) is 7.95. The number of hydrogen-bond donors (Lipinski definition) is 1. The number of ether oxygens (including phenoxy) is 1. The van der Waals surface area contributed by atoms with Gasteiger partial charge in [-0.2, -0.15) is 0 Å². The van der Waals surface area contributed by atoms with Gasteiger partial charge in [0.2, 0.25) is 0 Å². The van der Waals surface area contributed by atoms with Gasteiger partial charge in [0.05, 0.1) is 7.11 Å². The second-order valence-corrected chi connectivity index (χ2v) is 6.07. The van der Waals surface area contributed by atoms with Crippen molar-refractivity contribution in [1.82, 2.24) is 10.2 Å². The van der Waals surface area contributed by atoms with Gasteiger partial charge in [-0.05, 0) is 49.3 Å². The predicted octanol–water partition coefficient (Wildman–Crippen LogP) is 2.63. The molecule has 20 heavy (non-hydrogen) atoms. The smallest absolute Gasteiger partial charge is 0.119 e. The van der Waals surface area contributed by atoms with Gasteiger partial charge in [-0.3, -0.25) is 4.90 Å². The molecule has 1 aliphatic heterocycles. The van der Waals surface area contributed by atoms with Crippen LogP contribution >= 0.6 is 0 Å². The summed E-state index contributed by atoms with van der Waals surface area (Å²) in [6.45, 7) is 4.79. The Hall–Kier alpha value is -1.06. The quantitative estimate of drug-likeness (QED) is 0.917. The van der Waals surface area contributed by atoms with Crippen LogP contribution in [0.15, 0.2) is 24.3 Å².